The number of imidazole rings is 1. The molecule has 1 fully saturated rings. The third-order valence-electron chi connectivity index (χ3n) is 5.86. The van der Waals surface area contributed by atoms with Crippen LogP contribution in [0.15, 0.2) is 61.3 Å². The van der Waals surface area contributed by atoms with E-state index in [0.717, 1.165) is 71.4 Å². The minimum atomic E-state index is 0.658. The Morgan fingerprint density at radius 2 is 2.03 bits per heavy atom. The van der Waals surface area contributed by atoms with Gasteiger partial charge in [-0.2, -0.15) is 0 Å². The second-order valence-corrected chi connectivity index (χ2v) is 7.88. The Bertz CT molecular complexity index is 1440. The van der Waals surface area contributed by atoms with Crippen LogP contribution in [0.25, 0.3) is 27.9 Å². The molecule has 0 atom stereocenters. The number of nitrogens with one attached hydrogen (secondary N) is 2. The van der Waals surface area contributed by atoms with Crippen LogP contribution in [0.2, 0.25) is 0 Å². The lowest BCUT2D eigenvalue weighted by Crippen LogP contribution is -2.36. The van der Waals surface area contributed by atoms with Crippen LogP contribution in [0, 0.1) is 0 Å². The minimum Gasteiger partial charge on any atom is -0.495 e. The molecule has 2 N–H and O–H groups in total. The molecule has 0 radical (unpaired) electrons. The summed E-state index contributed by atoms with van der Waals surface area (Å²) in [6, 6.07) is 10.1. The van der Waals surface area contributed by atoms with Crippen molar-refractivity contribution in [3.63, 3.8) is 0 Å². The third kappa shape index (κ3) is 3.62. The highest BCUT2D eigenvalue weighted by molar-refractivity contribution is 5.81. The third-order valence-corrected chi connectivity index (χ3v) is 5.86. The molecule has 9 nitrogen and oxygen atoms in total. The SMILES string of the molecule is COc1cc(Nc2nc(-c3cnc4cc[nH]c4c3)cn3ccnc23)ccc1N1CCOCC1. The van der Waals surface area contributed by atoms with Crippen LogP contribution in [0.5, 0.6) is 5.75 Å². The van der Waals surface area contributed by atoms with Gasteiger partial charge in [-0.3, -0.25) is 4.98 Å². The fraction of sp³-hybridized carbons (Fsp3) is 0.208. The van der Waals surface area contributed by atoms with E-state index in [0.29, 0.717) is 5.82 Å². The molecule has 0 aliphatic carbocycles. The zero-order valence-corrected chi connectivity index (χ0v) is 18.2. The van der Waals surface area contributed by atoms with Gasteiger partial charge in [0.15, 0.2) is 11.5 Å². The van der Waals surface area contributed by atoms with Crippen molar-refractivity contribution in [2.24, 2.45) is 0 Å². The van der Waals surface area contributed by atoms with Crippen molar-refractivity contribution < 1.29 is 9.47 Å². The number of rotatable bonds is 5. The summed E-state index contributed by atoms with van der Waals surface area (Å²) in [6.45, 7) is 3.14. The predicted molar refractivity (Wildman–Crippen MR) is 127 cm³/mol. The van der Waals surface area contributed by atoms with Crippen LogP contribution < -0.4 is 15.0 Å². The molecular formula is C24H23N7O2. The second kappa shape index (κ2) is 8.10. The first-order valence-electron chi connectivity index (χ1n) is 10.8. The number of fused-ring (bicyclic) bond motifs is 2. The Kier molecular flexibility index (Phi) is 4.80. The van der Waals surface area contributed by atoms with Gasteiger partial charge in [0.1, 0.15) is 5.75 Å². The zero-order valence-electron chi connectivity index (χ0n) is 18.2. The fourth-order valence-corrected chi connectivity index (χ4v) is 4.19. The Morgan fingerprint density at radius 1 is 1.12 bits per heavy atom. The van der Waals surface area contributed by atoms with Gasteiger partial charge in [-0.05, 0) is 24.3 Å². The summed E-state index contributed by atoms with van der Waals surface area (Å²) in [5.74, 6) is 1.46. The van der Waals surface area contributed by atoms with Crippen LogP contribution in [0.1, 0.15) is 0 Å². The molecule has 1 aromatic carbocycles. The first kappa shape index (κ1) is 19.6. The van der Waals surface area contributed by atoms with Crippen molar-refractivity contribution >= 4 is 33.9 Å². The highest BCUT2D eigenvalue weighted by Gasteiger charge is 2.17. The molecule has 5 aromatic rings. The maximum atomic E-state index is 5.70. The maximum absolute atomic E-state index is 5.70. The van der Waals surface area contributed by atoms with Gasteiger partial charge in [0, 0.05) is 61.4 Å². The molecule has 1 aliphatic heterocycles. The summed E-state index contributed by atoms with van der Waals surface area (Å²) in [4.78, 5) is 19.4. The van der Waals surface area contributed by atoms with Crippen LogP contribution >= 0.6 is 0 Å². The number of morpholine rings is 1. The standard InChI is InChI=1S/C24H23N7O2/c1-32-22-13-17(2-3-21(22)30-8-10-33-11-9-30)28-23-24-26-6-7-31(24)15-20(29-23)16-12-19-18(27-14-16)4-5-25-19/h2-7,12-15,25H,8-11H2,1H3,(H,28,29). The Balaban J connectivity index is 1.37. The topological polar surface area (TPSA) is 92.6 Å². The van der Waals surface area contributed by atoms with E-state index in [-0.39, 0.29) is 0 Å². The van der Waals surface area contributed by atoms with E-state index in [1.165, 1.54) is 0 Å². The predicted octanol–water partition coefficient (Wildman–Crippen LogP) is 3.86. The summed E-state index contributed by atoms with van der Waals surface area (Å²) in [7, 11) is 1.69. The summed E-state index contributed by atoms with van der Waals surface area (Å²) >= 11 is 0. The highest BCUT2D eigenvalue weighted by atomic mass is 16.5. The average molecular weight is 441 g/mol. The number of nitrogens with zero attached hydrogens (tertiary/aromatic N) is 5. The molecule has 0 amide bonds. The van der Waals surface area contributed by atoms with Gasteiger partial charge >= 0.3 is 0 Å². The van der Waals surface area contributed by atoms with Crippen molar-refractivity contribution in [2.45, 2.75) is 0 Å². The second-order valence-electron chi connectivity index (χ2n) is 7.88. The van der Waals surface area contributed by atoms with Crippen molar-refractivity contribution in [3.05, 3.63) is 61.3 Å². The van der Waals surface area contributed by atoms with Crippen molar-refractivity contribution in [2.75, 3.05) is 43.6 Å². The lowest BCUT2D eigenvalue weighted by atomic mass is 10.2. The van der Waals surface area contributed by atoms with E-state index in [4.69, 9.17) is 14.5 Å². The first-order chi connectivity index (χ1) is 16.3. The number of pyridine rings is 1. The molecule has 166 valence electrons. The van der Waals surface area contributed by atoms with Crippen LogP contribution in [-0.2, 0) is 4.74 Å². The van der Waals surface area contributed by atoms with E-state index < -0.39 is 0 Å². The Hall–Kier alpha value is -4.11. The van der Waals surface area contributed by atoms with Crippen molar-refractivity contribution in [1.82, 2.24) is 24.3 Å². The van der Waals surface area contributed by atoms with E-state index in [9.17, 15) is 0 Å². The number of hydrogen-bond donors (Lipinski definition) is 2. The molecule has 5 heterocycles. The van der Waals surface area contributed by atoms with Gasteiger partial charge in [0.2, 0.25) is 0 Å². The monoisotopic (exact) mass is 441 g/mol. The van der Waals surface area contributed by atoms with Crippen molar-refractivity contribution in [3.8, 4) is 17.0 Å². The molecule has 9 heteroatoms. The zero-order chi connectivity index (χ0) is 22.2. The molecule has 33 heavy (non-hydrogen) atoms. The molecule has 0 unspecified atom stereocenters. The molecule has 0 saturated carbocycles. The normalized spacial score (nSPS) is 14.2. The van der Waals surface area contributed by atoms with E-state index in [2.05, 4.69) is 37.3 Å². The smallest absolute Gasteiger partial charge is 0.180 e. The lowest BCUT2D eigenvalue weighted by Gasteiger charge is -2.30. The van der Waals surface area contributed by atoms with Gasteiger partial charge in [0.25, 0.3) is 0 Å². The number of aromatic nitrogens is 5. The van der Waals surface area contributed by atoms with E-state index >= 15 is 0 Å². The molecule has 0 spiro atoms. The molecule has 1 saturated heterocycles. The summed E-state index contributed by atoms with van der Waals surface area (Å²) in [6.07, 6.45) is 9.36. The summed E-state index contributed by atoms with van der Waals surface area (Å²) in [5.41, 5.74) is 6.28. The maximum Gasteiger partial charge on any atom is 0.180 e. The number of aromatic amines is 1. The number of anilines is 3. The molecule has 6 rings (SSSR count). The first-order valence-corrected chi connectivity index (χ1v) is 10.8. The molecule has 4 aromatic heterocycles. The summed E-state index contributed by atoms with van der Waals surface area (Å²) < 4.78 is 13.1. The van der Waals surface area contributed by atoms with Crippen LogP contribution in [0.3, 0.4) is 0 Å². The quantitative estimate of drug-likeness (QED) is 0.428. The van der Waals surface area contributed by atoms with E-state index in [1.807, 2.05) is 47.4 Å². The van der Waals surface area contributed by atoms with Crippen LogP contribution in [-0.4, -0.2) is 57.7 Å². The lowest BCUT2D eigenvalue weighted by molar-refractivity contribution is 0.122. The van der Waals surface area contributed by atoms with Crippen LogP contribution in [0.4, 0.5) is 17.2 Å². The fourth-order valence-electron chi connectivity index (χ4n) is 4.19. The minimum absolute atomic E-state index is 0.658. The molecule has 0 bridgehead atoms. The van der Waals surface area contributed by atoms with Gasteiger partial charge in [-0.25, -0.2) is 9.97 Å². The summed E-state index contributed by atoms with van der Waals surface area (Å²) in [5, 5.41) is 3.43. The average Bonchev–Trinajstić information content (AvgIpc) is 3.53. The Morgan fingerprint density at radius 3 is 2.91 bits per heavy atom. The molecular weight excluding hydrogens is 418 g/mol. The number of benzene rings is 1. The number of H-pyrrole nitrogens is 1. The van der Waals surface area contributed by atoms with E-state index in [1.54, 1.807) is 13.3 Å². The highest BCUT2D eigenvalue weighted by Crippen LogP contribution is 2.33. The number of ether oxygens (including phenoxy) is 2. The molecule has 1 aliphatic rings. The van der Waals surface area contributed by atoms with Gasteiger partial charge in [-0.1, -0.05) is 0 Å². The van der Waals surface area contributed by atoms with Gasteiger partial charge in [0.05, 0.1) is 42.7 Å². The number of methoxy groups -OCH3 is 1. The van der Waals surface area contributed by atoms with Gasteiger partial charge in [-0.15, -0.1) is 0 Å². The number of hydrogen-bond acceptors (Lipinski definition) is 7. The van der Waals surface area contributed by atoms with Crippen molar-refractivity contribution in [1.29, 1.82) is 0 Å². The van der Waals surface area contributed by atoms with Gasteiger partial charge < -0.3 is 29.1 Å². The largest absolute Gasteiger partial charge is 0.495 e. The Labute approximate surface area is 190 Å².